The highest BCUT2D eigenvalue weighted by atomic mass is 16.4. The van der Waals surface area contributed by atoms with Gasteiger partial charge in [0.05, 0.1) is 12.8 Å². The molecule has 0 saturated heterocycles. The van der Waals surface area contributed by atoms with Gasteiger partial charge in [0.2, 0.25) is 0 Å². The minimum atomic E-state index is -1.54. The lowest BCUT2D eigenvalue weighted by molar-refractivity contribution is -0.133. The zero-order chi connectivity index (χ0) is 20.5. The number of nitrogens with zero attached hydrogens (tertiary/aromatic N) is 3. The largest absolute Gasteiger partial charge is 0.488 e. The molecule has 0 fully saturated rings. The maximum Gasteiger partial charge on any atom is 0.488 e. The predicted octanol–water partition coefficient (Wildman–Crippen LogP) is 0.561. The van der Waals surface area contributed by atoms with Crippen molar-refractivity contribution in [3.63, 3.8) is 0 Å². The molecule has 28 heavy (non-hydrogen) atoms. The summed E-state index contributed by atoms with van der Waals surface area (Å²) in [6, 6.07) is 16.5. The van der Waals surface area contributed by atoms with Crippen LogP contribution in [0.1, 0.15) is 25.0 Å². The number of carbonyl (C=O) groups is 1. The van der Waals surface area contributed by atoms with Crippen LogP contribution in [0.3, 0.4) is 0 Å². The van der Waals surface area contributed by atoms with E-state index < -0.39 is 7.12 Å². The van der Waals surface area contributed by atoms with E-state index in [-0.39, 0.29) is 18.4 Å². The van der Waals surface area contributed by atoms with Gasteiger partial charge in [0, 0.05) is 6.54 Å². The van der Waals surface area contributed by atoms with Gasteiger partial charge in [-0.25, -0.2) is 5.84 Å². The Kier molecular flexibility index (Phi) is 8.19. The Morgan fingerprint density at radius 2 is 1.89 bits per heavy atom. The molecule has 4 N–H and O–H groups in total. The first-order valence-electron chi connectivity index (χ1n) is 9.19. The topological polar surface area (TPSA) is 102 Å². The molecule has 8 heteroatoms. The molecule has 0 radical (unpaired) electrons. The Labute approximate surface area is 166 Å². The predicted molar refractivity (Wildman–Crippen MR) is 111 cm³/mol. The molecule has 0 aliphatic heterocycles. The first-order valence-corrected chi connectivity index (χ1v) is 9.19. The smallest absolute Gasteiger partial charge is 0.423 e. The lowest BCUT2D eigenvalue weighted by Gasteiger charge is -2.24. The van der Waals surface area contributed by atoms with Crippen LogP contribution >= 0.6 is 0 Å². The molecule has 0 aromatic heterocycles. The Bertz CT molecular complexity index is 784. The van der Waals surface area contributed by atoms with Crippen molar-refractivity contribution in [2.45, 2.75) is 20.4 Å². The van der Waals surface area contributed by atoms with Gasteiger partial charge in [-0.05, 0) is 22.5 Å². The highest BCUT2D eigenvalue weighted by Gasteiger charge is 2.15. The number of carbonyl (C=O) groups excluding carboxylic acids is 1. The van der Waals surface area contributed by atoms with Crippen LogP contribution in [0, 0.1) is 5.92 Å². The van der Waals surface area contributed by atoms with Crippen molar-refractivity contribution < 1.29 is 14.8 Å². The fourth-order valence-electron chi connectivity index (χ4n) is 2.62. The second-order valence-electron chi connectivity index (χ2n) is 7.04. The van der Waals surface area contributed by atoms with Crippen LogP contribution in [0.2, 0.25) is 0 Å². The summed E-state index contributed by atoms with van der Waals surface area (Å²) in [7, 11) is -1.54. The van der Waals surface area contributed by atoms with Crippen LogP contribution in [0.15, 0.2) is 59.7 Å². The van der Waals surface area contributed by atoms with Gasteiger partial charge in [0.15, 0.2) is 0 Å². The van der Waals surface area contributed by atoms with E-state index in [1.165, 1.54) is 5.01 Å². The molecule has 0 saturated carbocycles. The molecule has 0 unspecified atom stereocenters. The molecular weight excluding hydrogens is 355 g/mol. The van der Waals surface area contributed by atoms with Crippen LogP contribution < -0.4 is 11.3 Å². The summed E-state index contributed by atoms with van der Waals surface area (Å²) in [6.07, 6.45) is 1.59. The first-order chi connectivity index (χ1) is 13.3. The first kappa shape index (κ1) is 21.6. The van der Waals surface area contributed by atoms with Gasteiger partial charge in [-0.15, -0.1) is 0 Å². The molecule has 2 aromatic carbocycles. The molecule has 0 atom stereocenters. The van der Waals surface area contributed by atoms with E-state index in [2.05, 4.69) is 5.10 Å². The average molecular weight is 382 g/mol. The minimum Gasteiger partial charge on any atom is -0.423 e. The molecule has 148 valence electrons. The number of hydrazine groups is 1. The van der Waals surface area contributed by atoms with Crippen LogP contribution in [0.4, 0.5) is 0 Å². The molecule has 0 spiro atoms. The third-order valence-corrected chi connectivity index (χ3v) is 3.99. The average Bonchev–Trinajstić information content (AvgIpc) is 2.66. The maximum absolute atomic E-state index is 12.5. The van der Waals surface area contributed by atoms with Crippen molar-refractivity contribution in [1.82, 2.24) is 10.0 Å². The number of hydrogen-bond acceptors (Lipinski definition) is 6. The fourth-order valence-corrected chi connectivity index (χ4v) is 2.62. The molecule has 0 heterocycles. The summed E-state index contributed by atoms with van der Waals surface area (Å²) < 4.78 is 0. The zero-order valence-electron chi connectivity index (χ0n) is 16.3. The van der Waals surface area contributed by atoms with E-state index in [0.717, 1.165) is 5.56 Å². The molecule has 2 rings (SSSR count). The number of rotatable bonds is 9. The van der Waals surface area contributed by atoms with Crippen molar-refractivity contribution in [1.29, 1.82) is 0 Å². The highest BCUT2D eigenvalue weighted by Crippen LogP contribution is 2.06. The summed E-state index contributed by atoms with van der Waals surface area (Å²) >= 11 is 0. The molecule has 7 nitrogen and oxygen atoms in total. The van der Waals surface area contributed by atoms with Crippen LogP contribution in [0.25, 0.3) is 0 Å². The van der Waals surface area contributed by atoms with Gasteiger partial charge < -0.3 is 10.0 Å². The van der Waals surface area contributed by atoms with Crippen molar-refractivity contribution in [2.75, 3.05) is 13.1 Å². The van der Waals surface area contributed by atoms with E-state index >= 15 is 0 Å². The van der Waals surface area contributed by atoms with Crippen LogP contribution in [0.5, 0.6) is 0 Å². The minimum absolute atomic E-state index is 0.0386. The summed E-state index contributed by atoms with van der Waals surface area (Å²) in [6.45, 7) is 4.95. The van der Waals surface area contributed by atoms with E-state index in [1.54, 1.807) is 35.5 Å². The second kappa shape index (κ2) is 10.6. The number of benzene rings is 2. The Hall–Kier alpha value is -2.68. The lowest BCUT2D eigenvalue weighted by atomic mass is 9.80. The summed E-state index contributed by atoms with van der Waals surface area (Å²) in [5, 5.41) is 25.9. The van der Waals surface area contributed by atoms with Crippen molar-refractivity contribution >= 4 is 24.7 Å². The zero-order valence-corrected chi connectivity index (χ0v) is 16.3. The van der Waals surface area contributed by atoms with Crippen molar-refractivity contribution in [2.24, 2.45) is 16.9 Å². The quantitative estimate of drug-likeness (QED) is 0.193. The van der Waals surface area contributed by atoms with E-state index in [0.29, 0.717) is 24.1 Å². The third kappa shape index (κ3) is 7.15. The lowest BCUT2D eigenvalue weighted by Crippen LogP contribution is -2.44. The SMILES string of the molecule is CC(C)CN(N)C(=O)CN(Cc1ccccc1)/N=C/c1cccc(B(O)O)c1. The highest BCUT2D eigenvalue weighted by molar-refractivity contribution is 6.58. The van der Waals surface area contributed by atoms with E-state index in [1.807, 2.05) is 44.2 Å². The monoisotopic (exact) mass is 382 g/mol. The Morgan fingerprint density at radius 1 is 1.18 bits per heavy atom. The Balaban J connectivity index is 2.15. The molecule has 0 bridgehead atoms. The normalized spacial score (nSPS) is 11.1. The number of hydrogen-bond donors (Lipinski definition) is 3. The van der Waals surface area contributed by atoms with Gasteiger partial charge in [-0.1, -0.05) is 68.4 Å². The van der Waals surface area contributed by atoms with Crippen LogP contribution in [-0.2, 0) is 11.3 Å². The molecule has 0 aliphatic carbocycles. The molecular formula is C20H27BN4O3. The molecule has 1 amide bonds. The number of nitrogens with two attached hydrogens (primary N) is 1. The van der Waals surface area contributed by atoms with E-state index in [4.69, 9.17) is 5.84 Å². The number of amides is 1. The van der Waals surface area contributed by atoms with Crippen molar-refractivity contribution in [3.8, 4) is 0 Å². The second-order valence-corrected chi connectivity index (χ2v) is 7.04. The number of hydrazone groups is 1. The maximum atomic E-state index is 12.5. The van der Waals surface area contributed by atoms with Crippen LogP contribution in [-0.4, -0.2) is 52.4 Å². The van der Waals surface area contributed by atoms with E-state index in [9.17, 15) is 14.8 Å². The fraction of sp³-hybridized carbons (Fsp3) is 0.300. The molecule has 2 aromatic rings. The molecule has 0 aliphatic rings. The van der Waals surface area contributed by atoms with Gasteiger partial charge in [0.1, 0.15) is 6.54 Å². The van der Waals surface area contributed by atoms with Gasteiger partial charge in [-0.3, -0.25) is 14.8 Å². The van der Waals surface area contributed by atoms with Crippen molar-refractivity contribution in [3.05, 3.63) is 65.7 Å². The Morgan fingerprint density at radius 3 is 2.54 bits per heavy atom. The summed E-state index contributed by atoms with van der Waals surface area (Å²) in [5.41, 5.74) is 2.09. The third-order valence-electron chi connectivity index (χ3n) is 3.99. The van der Waals surface area contributed by atoms with Gasteiger partial charge in [-0.2, -0.15) is 5.10 Å². The summed E-state index contributed by atoms with van der Waals surface area (Å²) in [4.78, 5) is 12.5. The summed E-state index contributed by atoms with van der Waals surface area (Å²) in [5.74, 6) is 5.92. The van der Waals surface area contributed by atoms with Gasteiger partial charge in [0.25, 0.3) is 5.91 Å². The van der Waals surface area contributed by atoms with Gasteiger partial charge >= 0.3 is 7.12 Å². The standard InChI is InChI=1S/C20H27BN4O3/c1-16(2)13-25(22)20(26)15-24(14-17-7-4-3-5-8-17)23-12-18-9-6-10-19(11-18)21(27)28/h3-12,16,27-28H,13-15,22H2,1-2H3/b23-12+.